The van der Waals surface area contributed by atoms with E-state index in [4.69, 9.17) is 24.1 Å². The number of rotatable bonds is 1. The number of carbonyl (C=O) groups is 1. The number of hydrogen-bond acceptors (Lipinski definition) is 7. The fraction of sp³-hybridized carbons (Fsp3) is 0.217. The number of aliphatic hydroxyl groups excluding tert-OH is 1. The summed E-state index contributed by atoms with van der Waals surface area (Å²) in [6.07, 6.45) is 0.764. The molecule has 1 atom stereocenters. The van der Waals surface area contributed by atoms with Gasteiger partial charge in [0.2, 0.25) is 19.1 Å². The molecule has 0 aliphatic carbocycles. The van der Waals surface area contributed by atoms with Crippen LogP contribution in [0.2, 0.25) is 0 Å². The number of hydrogen-bond donors (Lipinski definition) is 1. The smallest absolute Gasteiger partial charge is 0.231 e. The van der Waals surface area contributed by atoms with Crippen molar-refractivity contribution < 1.29 is 38.5 Å². The number of aliphatic hydroxyl groups is 1. The van der Waals surface area contributed by atoms with Crippen LogP contribution >= 0.6 is 0 Å². The summed E-state index contributed by atoms with van der Waals surface area (Å²) in [7, 11) is 2.06. The Morgan fingerprint density at radius 2 is 1.58 bits per heavy atom. The first-order valence-corrected chi connectivity index (χ1v) is 9.70. The van der Waals surface area contributed by atoms with Crippen LogP contribution < -0.4 is 28.6 Å². The van der Waals surface area contributed by atoms with E-state index in [-0.39, 0.29) is 13.6 Å². The van der Waals surface area contributed by atoms with Crippen molar-refractivity contribution in [2.45, 2.75) is 13.0 Å². The third-order valence-electron chi connectivity index (χ3n) is 5.37. The minimum absolute atomic E-state index is 0.275. The third-order valence-corrected chi connectivity index (χ3v) is 5.37. The molecule has 3 aromatic carbocycles. The average Bonchev–Trinajstić information content (AvgIpc) is 3.41. The lowest BCUT2D eigenvalue weighted by molar-refractivity contribution is -0.642. The van der Waals surface area contributed by atoms with Crippen molar-refractivity contribution in [3.05, 3.63) is 42.6 Å². The van der Waals surface area contributed by atoms with Gasteiger partial charge in [0.15, 0.2) is 29.2 Å². The second kappa shape index (κ2) is 7.17. The van der Waals surface area contributed by atoms with Crippen LogP contribution in [0.25, 0.3) is 32.4 Å². The molecule has 4 aromatic rings. The number of aliphatic carboxylic acids is 1. The van der Waals surface area contributed by atoms with E-state index in [1.54, 1.807) is 0 Å². The van der Waals surface area contributed by atoms with E-state index in [1.807, 2.05) is 12.1 Å². The van der Waals surface area contributed by atoms with Crippen molar-refractivity contribution in [3.63, 3.8) is 0 Å². The van der Waals surface area contributed by atoms with Gasteiger partial charge in [0.25, 0.3) is 0 Å². The van der Waals surface area contributed by atoms with E-state index in [2.05, 4.69) is 42.1 Å². The SMILES string of the molecule is CC(O)C(=O)[O-].C[n+]1cc2c3c(ccc2c2ccc4cc5c(cc4c21)OCO5)OCO3. The largest absolute Gasteiger partial charge is 0.547 e. The lowest BCUT2D eigenvalue weighted by Gasteiger charge is -2.08. The molecule has 2 aliphatic rings. The Labute approximate surface area is 176 Å². The predicted octanol–water partition coefficient (Wildman–Crippen LogP) is 1.55. The van der Waals surface area contributed by atoms with Gasteiger partial charge in [-0.05, 0) is 42.6 Å². The quantitative estimate of drug-likeness (QED) is 0.368. The second-order valence-corrected chi connectivity index (χ2v) is 7.38. The molecular weight excluding hydrogens is 402 g/mol. The van der Waals surface area contributed by atoms with E-state index >= 15 is 0 Å². The van der Waals surface area contributed by atoms with Gasteiger partial charge in [-0.2, -0.15) is 4.57 Å². The van der Waals surface area contributed by atoms with E-state index < -0.39 is 12.1 Å². The topological polar surface area (TPSA) is 101 Å². The van der Waals surface area contributed by atoms with Gasteiger partial charge >= 0.3 is 0 Å². The monoisotopic (exact) mass is 421 g/mol. The molecule has 3 heterocycles. The van der Waals surface area contributed by atoms with Crippen molar-refractivity contribution in [1.29, 1.82) is 0 Å². The van der Waals surface area contributed by atoms with Gasteiger partial charge in [-0.25, -0.2) is 0 Å². The summed E-state index contributed by atoms with van der Waals surface area (Å²) in [6.45, 7) is 1.69. The molecule has 0 bridgehead atoms. The molecule has 0 spiro atoms. The maximum Gasteiger partial charge on any atom is 0.231 e. The van der Waals surface area contributed by atoms with Crippen LogP contribution in [0, 0.1) is 0 Å². The first-order valence-electron chi connectivity index (χ1n) is 9.70. The third kappa shape index (κ3) is 3.12. The minimum Gasteiger partial charge on any atom is -0.547 e. The zero-order chi connectivity index (χ0) is 21.7. The molecule has 1 unspecified atom stereocenters. The Morgan fingerprint density at radius 3 is 2.32 bits per heavy atom. The van der Waals surface area contributed by atoms with Gasteiger partial charge in [-0.15, -0.1) is 0 Å². The maximum atomic E-state index is 9.34. The number of aromatic nitrogens is 1. The van der Waals surface area contributed by atoms with Crippen molar-refractivity contribution in [3.8, 4) is 23.0 Å². The lowest BCUT2D eigenvalue weighted by atomic mass is 10.00. The van der Waals surface area contributed by atoms with Crippen molar-refractivity contribution in [1.82, 2.24) is 0 Å². The predicted molar refractivity (Wildman–Crippen MR) is 109 cm³/mol. The number of aryl methyl sites for hydroxylation is 1. The van der Waals surface area contributed by atoms with E-state index in [1.165, 1.54) is 5.39 Å². The molecule has 1 N–H and O–H groups in total. The van der Waals surface area contributed by atoms with Crippen molar-refractivity contribution >= 4 is 38.4 Å². The first-order chi connectivity index (χ1) is 14.9. The second-order valence-electron chi connectivity index (χ2n) is 7.38. The highest BCUT2D eigenvalue weighted by molar-refractivity contribution is 6.15. The summed E-state index contributed by atoms with van der Waals surface area (Å²) in [5.74, 6) is 1.79. The lowest BCUT2D eigenvalue weighted by Crippen LogP contribution is -2.32. The fourth-order valence-electron chi connectivity index (χ4n) is 3.91. The van der Waals surface area contributed by atoms with Gasteiger partial charge in [-0.1, -0.05) is 6.07 Å². The summed E-state index contributed by atoms with van der Waals surface area (Å²) in [4.78, 5) is 9.34. The summed E-state index contributed by atoms with van der Waals surface area (Å²) in [6, 6.07) is 12.5. The van der Waals surface area contributed by atoms with Gasteiger partial charge < -0.3 is 34.0 Å². The highest BCUT2D eigenvalue weighted by Gasteiger charge is 2.24. The molecule has 0 amide bonds. The number of carboxylic acid groups (broad SMARTS) is 1. The fourth-order valence-corrected chi connectivity index (χ4v) is 3.91. The minimum atomic E-state index is -1.44. The number of ether oxygens (including phenoxy) is 4. The Kier molecular flexibility index (Phi) is 4.44. The first kappa shape index (κ1) is 19.2. The normalized spacial score (nSPS) is 14.5. The molecule has 1 aromatic heterocycles. The molecule has 0 fully saturated rings. The molecule has 31 heavy (non-hydrogen) atoms. The highest BCUT2D eigenvalue weighted by atomic mass is 16.7. The molecule has 8 heteroatoms. The number of fused-ring (bicyclic) bond motifs is 8. The Hall–Kier alpha value is -3.78. The molecule has 0 radical (unpaired) electrons. The number of nitrogens with zero attached hydrogens (tertiary/aromatic N) is 1. The molecule has 158 valence electrons. The van der Waals surface area contributed by atoms with Gasteiger partial charge in [-0.3, -0.25) is 0 Å². The summed E-state index contributed by atoms with van der Waals surface area (Å²) in [5, 5.41) is 23.0. The summed E-state index contributed by atoms with van der Waals surface area (Å²) >= 11 is 0. The number of benzene rings is 3. The van der Waals surface area contributed by atoms with Crippen LogP contribution in [0.3, 0.4) is 0 Å². The Balaban J connectivity index is 0.000000303. The van der Waals surface area contributed by atoms with Crippen molar-refractivity contribution in [2.75, 3.05) is 13.6 Å². The van der Waals surface area contributed by atoms with Gasteiger partial charge in [0, 0.05) is 5.39 Å². The molecule has 0 saturated carbocycles. The summed E-state index contributed by atoms with van der Waals surface area (Å²) < 4.78 is 24.4. The number of pyridine rings is 1. The molecule has 2 aliphatic heterocycles. The molecule has 8 nitrogen and oxygen atoms in total. The standard InChI is InChI=1S/C20H14NO4.C3H6O3/c1-21-8-15-12(4-5-16-20(15)25-10-22-16)13-3-2-11-6-17-18(24-9-23-17)7-14(11)19(13)21;1-2(4)3(5)6/h2-8H,9-10H2,1H3;2,4H,1H3,(H,5,6)/q+1;/p-1. The maximum absolute atomic E-state index is 9.34. The Morgan fingerprint density at radius 1 is 0.935 bits per heavy atom. The number of carboxylic acids is 1. The van der Waals surface area contributed by atoms with E-state index in [0.29, 0.717) is 0 Å². The van der Waals surface area contributed by atoms with Crippen LogP contribution in [0.15, 0.2) is 42.6 Å². The van der Waals surface area contributed by atoms with Crippen LogP contribution in [0.5, 0.6) is 23.0 Å². The number of carbonyl (C=O) groups excluding carboxylic acids is 1. The average molecular weight is 421 g/mol. The van der Waals surface area contributed by atoms with Crippen LogP contribution in [0.4, 0.5) is 0 Å². The zero-order valence-corrected chi connectivity index (χ0v) is 16.9. The highest BCUT2D eigenvalue weighted by Crippen LogP contribution is 2.42. The van der Waals surface area contributed by atoms with Crippen molar-refractivity contribution in [2.24, 2.45) is 7.05 Å². The molecular formula is C23H19NO7. The molecule has 6 rings (SSSR count). The zero-order valence-electron chi connectivity index (χ0n) is 16.9. The van der Waals surface area contributed by atoms with Crippen LogP contribution in [0.1, 0.15) is 6.92 Å². The molecule has 0 saturated heterocycles. The van der Waals surface area contributed by atoms with Gasteiger partial charge in [0.05, 0.1) is 28.2 Å². The van der Waals surface area contributed by atoms with E-state index in [0.717, 1.165) is 57.0 Å². The van der Waals surface area contributed by atoms with Crippen LogP contribution in [-0.4, -0.2) is 30.8 Å². The Bertz CT molecular complexity index is 1360. The van der Waals surface area contributed by atoms with E-state index in [9.17, 15) is 9.90 Å². The summed E-state index contributed by atoms with van der Waals surface area (Å²) in [5.41, 5.74) is 1.15. The van der Waals surface area contributed by atoms with Crippen LogP contribution in [-0.2, 0) is 11.8 Å². The van der Waals surface area contributed by atoms with Gasteiger partial charge in [0.1, 0.15) is 7.05 Å².